The van der Waals surface area contributed by atoms with Crippen LogP contribution in [0.5, 0.6) is 0 Å². The van der Waals surface area contributed by atoms with E-state index in [0.717, 1.165) is 33.3 Å². The third kappa shape index (κ3) is 6.00. The maximum absolute atomic E-state index is 13.5. The highest BCUT2D eigenvalue weighted by atomic mass is 35.5. The first kappa shape index (κ1) is 26.1. The lowest BCUT2D eigenvalue weighted by Gasteiger charge is -2.19. The van der Waals surface area contributed by atoms with Gasteiger partial charge in [-0.25, -0.2) is 4.39 Å². The number of hydrogen-bond acceptors (Lipinski definition) is 3. The lowest BCUT2D eigenvalue weighted by Crippen LogP contribution is -2.27. The van der Waals surface area contributed by atoms with Gasteiger partial charge < -0.3 is 9.88 Å². The third-order valence-corrected chi connectivity index (χ3v) is 7.23. The van der Waals surface area contributed by atoms with Crippen LogP contribution in [0.3, 0.4) is 0 Å². The van der Waals surface area contributed by atoms with Crippen molar-refractivity contribution in [1.82, 2.24) is 14.9 Å². The van der Waals surface area contributed by atoms with E-state index < -0.39 is 0 Å². The van der Waals surface area contributed by atoms with Crippen molar-refractivity contribution >= 4 is 28.4 Å². The normalized spacial score (nSPS) is 11.7. The average molecular weight is 537 g/mol. The molecule has 0 unspecified atom stereocenters. The van der Waals surface area contributed by atoms with Crippen molar-refractivity contribution in [2.75, 3.05) is 6.54 Å². The van der Waals surface area contributed by atoms with E-state index in [9.17, 15) is 14.4 Å². The number of nitrogens with zero attached hydrogens (tertiary/aromatic N) is 3. The number of rotatable bonds is 9. The molecule has 0 fully saturated rings. The largest absolute Gasteiger partial charge is 0.356 e. The molecule has 2 heterocycles. The number of hydrogen-bond donors (Lipinski definition) is 1. The Morgan fingerprint density at radius 2 is 1.79 bits per heavy atom. The number of carbonyl (C=O) groups is 1. The fraction of sp³-hybridized carbons (Fsp3) is 0.156. The summed E-state index contributed by atoms with van der Waals surface area (Å²) in [6, 6.07) is 27.6. The van der Waals surface area contributed by atoms with Crippen molar-refractivity contribution in [3.05, 3.63) is 136 Å². The Balaban J connectivity index is 1.50. The van der Waals surface area contributed by atoms with Crippen LogP contribution >= 0.6 is 11.6 Å². The molecule has 0 aliphatic carbocycles. The van der Waals surface area contributed by atoms with Crippen LogP contribution in [0.2, 0.25) is 5.02 Å². The van der Waals surface area contributed by atoms with E-state index in [1.807, 2.05) is 54.7 Å². The molecule has 0 saturated heterocycles. The number of benzene rings is 3. The maximum Gasteiger partial charge on any atom is 0.220 e. The van der Waals surface area contributed by atoms with Gasteiger partial charge in [0.1, 0.15) is 11.9 Å². The monoisotopic (exact) mass is 536 g/mol. The molecule has 39 heavy (non-hydrogen) atoms. The van der Waals surface area contributed by atoms with Crippen LogP contribution in [-0.2, 0) is 17.8 Å². The molecule has 0 aliphatic rings. The molecule has 5 aromatic rings. The second kappa shape index (κ2) is 11.9. The molecule has 0 bridgehead atoms. The summed E-state index contributed by atoms with van der Waals surface area (Å²) in [6.45, 7) is 0.997. The zero-order chi connectivity index (χ0) is 27.2. The van der Waals surface area contributed by atoms with Crippen LogP contribution in [0.1, 0.15) is 40.3 Å². The number of para-hydroxylation sites is 1. The molecular formula is C32H26ClFN4O. The van der Waals surface area contributed by atoms with E-state index in [0.29, 0.717) is 30.1 Å². The summed E-state index contributed by atoms with van der Waals surface area (Å²) in [5.74, 6) is -0.789. The Morgan fingerprint density at radius 1 is 1.00 bits per heavy atom. The molecule has 1 amide bonds. The summed E-state index contributed by atoms with van der Waals surface area (Å²) in [5.41, 5.74) is 4.87. The minimum atomic E-state index is -0.389. The van der Waals surface area contributed by atoms with Gasteiger partial charge in [-0.1, -0.05) is 60.1 Å². The summed E-state index contributed by atoms with van der Waals surface area (Å²) < 4.78 is 15.6. The highest BCUT2D eigenvalue weighted by Crippen LogP contribution is 2.39. The van der Waals surface area contributed by atoms with E-state index in [1.165, 1.54) is 12.1 Å². The molecule has 5 rings (SSSR count). The molecule has 0 saturated carbocycles. The minimum absolute atomic E-state index is 0.121. The first-order valence-corrected chi connectivity index (χ1v) is 13.1. The molecular weight excluding hydrogens is 511 g/mol. The molecule has 0 radical (unpaired) electrons. The lowest BCUT2D eigenvalue weighted by atomic mass is 9.87. The van der Waals surface area contributed by atoms with Crippen LogP contribution in [0.4, 0.5) is 4.39 Å². The van der Waals surface area contributed by atoms with Gasteiger partial charge in [-0.2, -0.15) is 5.26 Å². The van der Waals surface area contributed by atoms with Crippen LogP contribution in [0, 0.1) is 17.1 Å². The zero-order valence-corrected chi connectivity index (χ0v) is 21.9. The quantitative estimate of drug-likeness (QED) is 0.230. The number of pyridine rings is 1. The summed E-state index contributed by atoms with van der Waals surface area (Å²) in [4.78, 5) is 17.6. The van der Waals surface area contributed by atoms with E-state index in [2.05, 4.69) is 20.9 Å². The molecule has 2 aromatic heterocycles. The van der Waals surface area contributed by atoms with Crippen molar-refractivity contribution in [3.63, 3.8) is 0 Å². The van der Waals surface area contributed by atoms with E-state index in [4.69, 9.17) is 11.6 Å². The zero-order valence-electron chi connectivity index (χ0n) is 21.1. The van der Waals surface area contributed by atoms with Crippen molar-refractivity contribution < 1.29 is 9.18 Å². The Bertz CT molecular complexity index is 1640. The highest BCUT2D eigenvalue weighted by molar-refractivity contribution is 6.32. The SMILES string of the molecule is N#Cc1cccc([C@@H](CC(=O)NCCc2ccccn2)c2cn(Cc3ccc(F)cc3)c3ccccc23)c1Cl. The van der Waals surface area contributed by atoms with Crippen LogP contribution in [-0.4, -0.2) is 22.0 Å². The van der Waals surface area contributed by atoms with Gasteiger partial charge in [-0.05, 0) is 53.1 Å². The number of nitriles is 1. The van der Waals surface area contributed by atoms with Crippen LogP contribution in [0.15, 0.2) is 97.3 Å². The molecule has 0 aliphatic heterocycles. The molecule has 0 spiro atoms. The summed E-state index contributed by atoms with van der Waals surface area (Å²) in [7, 11) is 0. The molecule has 194 valence electrons. The number of fused-ring (bicyclic) bond motifs is 1. The fourth-order valence-corrected chi connectivity index (χ4v) is 5.20. The molecule has 1 N–H and O–H groups in total. The van der Waals surface area contributed by atoms with Crippen molar-refractivity contribution in [3.8, 4) is 6.07 Å². The summed E-state index contributed by atoms with van der Waals surface area (Å²) >= 11 is 6.72. The predicted molar refractivity (Wildman–Crippen MR) is 151 cm³/mol. The Hall–Kier alpha value is -4.47. The number of carbonyl (C=O) groups excluding carboxylic acids is 1. The van der Waals surface area contributed by atoms with Crippen molar-refractivity contribution in [2.45, 2.75) is 25.3 Å². The maximum atomic E-state index is 13.5. The van der Waals surface area contributed by atoms with Gasteiger partial charge in [0.15, 0.2) is 0 Å². The van der Waals surface area contributed by atoms with Gasteiger partial charge in [0.2, 0.25) is 5.91 Å². The van der Waals surface area contributed by atoms with Crippen molar-refractivity contribution in [2.24, 2.45) is 0 Å². The second-order valence-corrected chi connectivity index (χ2v) is 9.73. The highest BCUT2D eigenvalue weighted by Gasteiger charge is 2.25. The smallest absolute Gasteiger partial charge is 0.220 e. The van der Waals surface area contributed by atoms with Gasteiger partial charge >= 0.3 is 0 Å². The number of nitrogens with one attached hydrogen (secondary N) is 1. The molecule has 7 heteroatoms. The van der Waals surface area contributed by atoms with Gasteiger partial charge in [0.25, 0.3) is 0 Å². The second-order valence-electron chi connectivity index (χ2n) is 9.35. The topological polar surface area (TPSA) is 70.7 Å². The van der Waals surface area contributed by atoms with E-state index in [-0.39, 0.29) is 24.1 Å². The standard InChI is InChI=1S/C32H26ClFN4O/c33-32-23(19-35)6-5-9-27(32)28(18-31(39)37-17-15-25-7-3-4-16-36-25)29-21-38(30-10-2-1-8-26(29)30)20-22-11-13-24(34)14-12-22/h1-14,16,21,28H,15,17-18,20H2,(H,37,39)/t28-/m1/s1. The van der Waals surface area contributed by atoms with Crippen LogP contribution < -0.4 is 5.32 Å². The predicted octanol–water partition coefficient (Wildman–Crippen LogP) is 6.63. The number of amides is 1. The Kier molecular flexibility index (Phi) is 8.00. The summed E-state index contributed by atoms with van der Waals surface area (Å²) in [6.07, 6.45) is 4.55. The Labute approximate surface area is 231 Å². The number of aromatic nitrogens is 2. The van der Waals surface area contributed by atoms with Gasteiger partial charge in [0, 0.05) is 60.8 Å². The molecule has 3 aromatic carbocycles. The van der Waals surface area contributed by atoms with Gasteiger partial charge in [0.05, 0.1) is 10.6 Å². The lowest BCUT2D eigenvalue weighted by molar-refractivity contribution is -0.121. The third-order valence-electron chi connectivity index (χ3n) is 6.80. The minimum Gasteiger partial charge on any atom is -0.356 e. The number of halogens is 2. The summed E-state index contributed by atoms with van der Waals surface area (Å²) in [5, 5.41) is 14.0. The first-order chi connectivity index (χ1) is 19.0. The fourth-order valence-electron chi connectivity index (χ4n) is 4.90. The average Bonchev–Trinajstić information content (AvgIpc) is 3.32. The van der Waals surface area contributed by atoms with E-state index >= 15 is 0 Å². The first-order valence-electron chi connectivity index (χ1n) is 12.7. The van der Waals surface area contributed by atoms with Gasteiger partial charge in [-0.15, -0.1) is 0 Å². The van der Waals surface area contributed by atoms with Crippen LogP contribution in [0.25, 0.3) is 10.9 Å². The molecule has 5 nitrogen and oxygen atoms in total. The Morgan fingerprint density at radius 3 is 2.56 bits per heavy atom. The van der Waals surface area contributed by atoms with Crippen molar-refractivity contribution in [1.29, 1.82) is 5.26 Å². The van der Waals surface area contributed by atoms with E-state index in [1.54, 1.807) is 30.5 Å². The van der Waals surface area contributed by atoms with Gasteiger partial charge in [-0.3, -0.25) is 9.78 Å². The molecule has 1 atom stereocenters.